The molecule has 0 aliphatic carbocycles. The van der Waals surface area contributed by atoms with Gasteiger partial charge in [0.25, 0.3) is 0 Å². The van der Waals surface area contributed by atoms with E-state index in [1.807, 2.05) is 26.0 Å². The van der Waals surface area contributed by atoms with Crippen LogP contribution in [0.3, 0.4) is 0 Å². The molecular formula is C17H28N2O2. The highest BCUT2D eigenvalue weighted by Gasteiger charge is 2.14. The zero-order valence-corrected chi connectivity index (χ0v) is 13.9. The second-order valence-corrected chi connectivity index (χ2v) is 6.03. The molecule has 0 aromatic heterocycles. The van der Waals surface area contributed by atoms with Crippen molar-refractivity contribution in [1.82, 2.24) is 10.2 Å². The Morgan fingerprint density at radius 2 is 1.90 bits per heavy atom. The van der Waals surface area contributed by atoms with Crippen LogP contribution in [0.15, 0.2) is 24.3 Å². The maximum atomic E-state index is 11.8. The van der Waals surface area contributed by atoms with Gasteiger partial charge in [-0.05, 0) is 37.0 Å². The molecule has 1 aromatic rings. The molecular weight excluding hydrogens is 264 g/mol. The number of benzene rings is 1. The first-order valence-corrected chi connectivity index (χ1v) is 7.64. The molecule has 0 radical (unpaired) electrons. The molecule has 0 bridgehead atoms. The molecule has 118 valence electrons. The van der Waals surface area contributed by atoms with E-state index < -0.39 is 0 Å². The Labute approximate surface area is 128 Å². The molecule has 21 heavy (non-hydrogen) atoms. The Kier molecular flexibility index (Phi) is 6.53. The van der Waals surface area contributed by atoms with Crippen molar-refractivity contribution < 1.29 is 9.53 Å². The van der Waals surface area contributed by atoms with Crippen molar-refractivity contribution in [2.24, 2.45) is 0 Å². The first kappa shape index (κ1) is 17.3. The number of nitrogens with zero attached hydrogens (tertiary/aromatic N) is 1. The molecule has 1 rings (SSSR count). The highest BCUT2D eigenvalue weighted by atomic mass is 16.5. The standard InChI is InChI=1S/C17H28N2O2/c1-6-19(7-2)16(20)18-11-12-21-15-10-8-9-14(13-15)17(3,4)5/h8-10,13H,6-7,11-12H2,1-5H3,(H,18,20). The third-order valence-electron chi connectivity index (χ3n) is 3.40. The predicted octanol–water partition coefficient (Wildman–Crippen LogP) is 3.41. The van der Waals surface area contributed by atoms with Crippen LogP contribution in [0.4, 0.5) is 4.79 Å². The molecule has 0 aliphatic heterocycles. The molecule has 0 saturated carbocycles. The second-order valence-electron chi connectivity index (χ2n) is 6.03. The van der Waals surface area contributed by atoms with Crippen LogP contribution in [-0.4, -0.2) is 37.2 Å². The molecule has 4 nitrogen and oxygen atoms in total. The number of amides is 2. The highest BCUT2D eigenvalue weighted by Crippen LogP contribution is 2.25. The Morgan fingerprint density at radius 1 is 1.24 bits per heavy atom. The summed E-state index contributed by atoms with van der Waals surface area (Å²) in [6, 6.07) is 8.08. The van der Waals surface area contributed by atoms with Crippen LogP contribution in [0.25, 0.3) is 0 Å². The fourth-order valence-corrected chi connectivity index (χ4v) is 2.00. The van der Waals surface area contributed by atoms with Crippen LogP contribution < -0.4 is 10.1 Å². The zero-order valence-electron chi connectivity index (χ0n) is 13.9. The van der Waals surface area contributed by atoms with Gasteiger partial charge in [0.1, 0.15) is 12.4 Å². The van der Waals surface area contributed by atoms with E-state index in [2.05, 4.69) is 38.2 Å². The molecule has 0 saturated heterocycles. The number of hydrogen-bond donors (Lipinski definition) is 1. The van der Waals surface area contributed by atoms with E-state index >= 15 is 0 Å². The van der Waals surface area contributed by atoms with Crippen molar-refractivity contribution in [3.05, 3.63) is 29.8 Å². The monoisotopic (exact) mass is 292 g/mol. The smallest absolute Gasteiger partial charge is 0.317 e. The van der Waals surface area contributed by atoms with E-state index in [4.69, 9.17) is 4.74 Å². The van der Waals surface area contributed by atoms with Crippen molar-refractivity contribution in [3.63, 3.8) is 0 Å². The summed E-state index contributed by atoms with van der Waals surface area (Å²) in [6.45, 7) is 12.9. The minimum absolute atomic E-state index is 0.0351. The quantitative estimate of drug-likeness (QED) is 0.816. The number of urea groups is 1. The van der Waals surface area contributed by atoms with Gasteiger partial charge in [0.05, 0.1) is 6.54 Å². The molecule has 2 amide bonds. The number of rotatable bonds is 6. The predicted molar refractivity (Wildman–Crippen MR) is 87.0 cm³/mol. The Balaban J connectivity index is 2.41. The zero-order chi connectivity index (χ0) is 15.9. The van der Waals surface area contributed by atoms with E-state index in [1.165, 1.54) is 5.56 Å². The van der Waals surface area contributed by atoms with E-state index in [1.54, 1.807) is 4.90 Å². The van der Waals surface area contributed by atoms with Crippen LogP contribution in [0.1, 0.15) is 40.2 Å². The number of hydrogen-bond acceptors (Lipinski definition) is 2. The van der Waals surface area contributed by atoms with Crippen LogP contribution in [0.2, 0.25) is 0 Å². The third-order valence-corrected chi connectivity index (χ3v) is 3.40. The molecule has 0 aliphatic rings. The summed E-state index contributed by atoms with van der Waals surface area (Å²) in [5.74, 6) is 0.847. The summed E-state index contributed by atoms with van der Waals surface area (Å²) in [6.07, 6.45) is 0. The number of nitrogens with one attached hydrogen (secondary N) is 1. The average Bonchev–Trinajstić information content (AvgIpc) is 2.44. The minimum atomic E-state index is -0.0351. The number of carbonyl (C=O) groups excluding carboxylic acids is 1. The fraction of sp³-hybridized carbons (Fsp3) is 0.588. The lowest BCUT2D eigenvalue weighted by molar-refractivity contribution is 0.200. The van der Waals surface area contributed by atoms with E-state index in [9.17, 15) is 4.79 Å². The Morgan fingerprint density at radius 3 is 2.48 bits per heavy atom. The van der Waals surface area contributed by atoms with Gasteiger partial charge in [-0.1, -0.05) is 32.9 Å². The van der Waals surface area contributed by atoms with Gasteiger partial charge in [-0.25, -0.2) is 4.79 Å². The van der Waals surface area contributed by atoms with Crippen LogP contribution in [0, 0.1) is 0 Å². The van der Waals surface area contributed by atoms with E-state index in [0.717, 1.165) is 18.8 Å². The van der Waals surface area contributed by atoms with Gasteiger partial charge in [0.15, 0.2) is 0 Å². The topological polar surface area (TPSA) is 41.6 Å². The van der Waals surface area contributed by atoms with Crippen molar-refractivity contribution in [2.75, 3.05) is 26.2 Å². The van der Waals surface area contributed by atoms with Crippen molar-refractivity contribution in [3.8, 4) is 5.75 Å². The van der Waals surface area contributed by atoms with Gasteiger partial charge in [0.2, 0.25) is 0 Å². The van der Waals surface area contributed by atoms with Crippen LogP contribution in [-0.2, 0) is 5.41 Å². The summed E-state index contributed by atoms with van der Waals surface area (Å²) in [4.78, 5) is 13.5. The van der Waals surface area contributed by atoms with Gasteiger partial charge in [-0.15, -0.1) is 0 Å². The SMILES string of the molecule is CCN(CC)C(=O)NCCOc1cccc(C(C)(C)C)c1. The average molecular weight is 292 g/mol. The molecule has 1 N–H and O–H groups in total. The summed E-state index contributed by atoms with van der Waals surface area (Å²) < 4.78 is 5.71. The van der Waals surface area contributed by atoms with Crippen LogP contribution >= 0.6 is 0 Å². The fourth-order valence-electron chi connectivity index (χ4n) is 2.00. The van der Waals surface area contributed by atoms with Crippen LogP contribution in [0.5, 0.6) is 5.75 Å². The number of carbonyl (C=O) groups is 1. The maximum absolute atomic E-state index is 11.8. The van der Waals surface area contributed by atoms with E-state index in [-0.39, 0.29) is 11.4 Å². The lowest BCUT2D eigenvalue weighted by atomic mass is 9.87. The Hall–Kier alpha value is -1.71. The first-order chi connectivity index (χ1) is 9.88. The number of ether oxygens (including phenoxy) is 1. The minimum Gasteiger partial charge on any atom is -0.492 e. The molecule has 0 atom stereocenters. The van der Waals surface area contributed by atoms with Gasteiger partial charge in [-0.3, -0.25) is 0 Å². The molecule has 4 heteroatoms. The first-order valence-electron chi connectivity index (χ1n) is 7.64. The van der Waals surface area contributed by atoms with Gasteiger partial charge >= 0.3 is 6.03 Å². The van der Waals surface area contributed by atoms with Gasteiger partial charge in [-0.2, -0.15) is 0 Å². The normalized spacial score (nSPS) is 11.1. The van der Waals surface area contributed by atoms with Crippen molar-refractivity contribution >= 4 is 6.03 Å². The van der Waals surface area contributed by atoms with E-state index in [0.29, 0.717) is 13.2 Å². The largest absolute Gasteiger partial charge is 0.492 e. The molecule has 0 spiro atoms. The molecule has 0 heterocycles. The van der Waals surface area contributed by atoms with Crippen molar-refractivity contribution in [2.45, 2.75) is 40.0 Å². The van der Waals surface area contributed by atoms with Crippen molar-refractivity contribution in [1.29, 1.82) is 0 Å². The molecule has 0 fully saturated rings. The van der Waals surface area contributed by atoms with Gasteiger partial charge < -0.3 is 15.0 Å². The summed E-state index contributed by atoms with van der Waals surface area (Å²) in [7, 11) is 0. The second kappa shape index (κ2) is 7.91. The highest BCUT2D eigenvalue weighted by molar-refractivity contribution is 5.74. The maximum Gasteiger partial charge on any atom is 0.317 e. The van der Waals surface area contributed by atoms with Gasteiger partial charge in [0, 0.05) is 13.1 Å². The summed E-state index contributed by atoms with van der Waals surface area (Å²) in [5, 5.41) is 2.86. The summed E-state index contributed by atoms with van der Waals surface area (Å²) in [5.41, 5.74) is 1.35. The summed E-state index contributed by atoms with van der Waals surface area (Å²) >= 11 is 0. The Bertz CT molecular complexity index is 448. The lowest BCUT2D eigenvalue weighted by Gasteiger charge is -2.20. The lowest BCUT2D eigenvalue weighted by Crippen LogP contribution is -2.41. The molecule has 0 unspecified atom stereocenters. The molecule has 1 aromatic carbocycles. The third kappa shape index (κ3) is 5.66.